The highest BCUT2D eigenvalue weighted by Crippen LogP contribution is 2.37. The van der Waals surface area contributed by atoms with Gasteiger partial charge in [-0.05, 0) is 46.5 Å². The molecule has 0 aromatic heterocycles. The van der Waals surface area contributed by atoms with Gasteiger partial charge in [0.05, 0.1) is 56.4 Å². The van der Waals surface area contributed by atoms with Crippen molar-refractivity contribution in [1.82, 2.24) is 0 Å². The summed E-state index contributed by atoms with van der Waals surface area (Å²) >= 11 is 0. The number of benzene rings is 2. The molecule has 1 amide bonds. The second-order valence-corrected chi connectivity index (χ2v) is 9.46. The van der Waals surface area contributed by atoms with Gasteiger partial charge in [-0.2, -0.15) is 0 Å². The summed E-state index contributed by atoms with van der Waals surface area (Å²) in [6.07, 6.45) is 4.21. The third-order valence-electron chi connectivity index (χ3n) is 6.68. The minimum absolute atomic E-state index is 0.184. The van der Waals surface area contributed by atoms with Gasteiger partial charge < -0.3 is 35.7 Å². The lowest BCUT2D eigenvalue weighted by molar-refractivity contribution is 0.102. The molecule has 4 atom stereocenters. The lowest BCUT2D eigenvalue weighted by Gasteiger charge is -2.23. The fourth-order valence-corrected chi connectivity index (χ4v) is 4.56. The van der Waals surface area contributed by atoms with E-state index in [9.17, 15) is 4.79 Å². The maximum absolute atomic E-state index is 13.2. The summed E-state index contributed by atoms with van der Waals surface area (Å²) in [4.78, 5) is 13.2. The molecule has 8 nitrogen and oxygen atoms in total. The maximum atomic E-state index is 13.2. The molecule has 0 spiro atoms. The molecule has 4 aliphatic rings. The normalized spacial score (nSPS) is 26.7. The van der Waals surface area contributed by atoms with Gasteiger partial charge in [0, 0.05) is 42.7 Å². The Kier molecular flexibility index (Phi) is 5.25. The van der Waals surface area contributed by atoms with Crippen molar-refractivity contribution in [3.05, 3.63) is 52.1 Å². The molecule has 5 N–H and O–H groups in total. The highest BCUT2D eigenvalue weighted by Gasteiger charge is 2.35. The van der Waals surface area contributed by atoms with Gasteiger partial charge in [0.25, 0.3) is 5.91 Å². The van der Waals surface area contributed by atoms with Gasteiger partial charge in [-0.15, -0.1) is 0 Å². The predicted molar refractivity (Wildman–Crippen MR) is 123 cm³/mol. The minimum atomic E-state index is -0.244. The van der Waals surface area contributed by atoms with Crippen molar-refractivity contribution in [1.29, 1.82) is 0 Å². The van der Waals surface area contributed by atoms with Crippen LogP contribution in [0, 0.1) is 0 Å². The molecule has 8 heteroatoms. The molecule has 4 unspecified atom stereocenters. The Morgan fingerprint density at radius 2 is 1.33 bits per heavy atom. The SMILES string of the molecule is Nc1ccc(C(=O)Nc2cc(CC3CO3)c(CC3CO3)c(CC3CO3)c2CC2CO2)c(N)c1. The number of epoxide rings is 4. The Morgan fingerprint density at radius 3 is 1.91 bits per heavy atom. The van der Waals surface area contributed by atoms with E-state index in [4.69, 9.17) is 30.4 Å². The van der Waals surface area contributed by atoms with E-state index in [-0.39, 0.29) is 30.3 Å². The van der Waals surface area contributed by atoms with Crippen molar-refractivity contribution in [2.45, 2.75) is 50.1 Å². The van der Waals surface area contributed by atoms with Gasteiger partial charge >= 0.3 is 0 Å². The van der Waals surface area contributed by atoms with Crippen molar-refractivity contribution in [2.24, 2.45) is 0 Å². The summed E-state index contributed by atoms with van der Waals surface area (Å²) in [5.74, 6) is -0.244. The smallest absolute Gasteiger partial charge is 0.257 e. The summed E-state index contributed by atoms with van der Waals surface area (Å²) in [5, 5.41) is 3.16. The van der Waals surface area contributed by atoms with E-state index in [0.717, 1.165) is 63.4 Å². The van der Waals surface area contributed by atoms with Crippen LogP contribution in [-0.4, -0.2) is 56.8 Å². The highest BCUT2D eigenvalue weighted by atomic mass is 16.6. The largest absolute Gasteiger partial charge is 0.399 e. The standard InChI is InChI=1S/C25H29N3O5/c26-14-1-2-19(23(27)5-14)25(29)28-24-4-13(3-15-9-30-15)20(6-16-10-31-16)21(7-17-11-32-17)22(24)8-18-12-33-18/h1-2,4-5,15-18H,3,6-12,26-27H2,(H,28,29). The quantitative estimate of drug-likeness (QED) is 0.371. The molecule has 2 aromatic rings. The van der Waals surface area contributed by atoms with Crippen molar-refractivity contribution in [3.8, 4) is 0 Å². The number of rotatable bonds is 10. The van der Waals surface area contributed by atoms with Crippen LogP contribution in [0.25, 0.3) is 0 Å². The van der Waals surface area contributed by atoms with Crippen LogP contribution in [0.5, 0.6) is 0 Å². The van der Waals surface area contributed by atoms with E-state index in [2.05, 4.69) is 11.4 Å². The predicted octanol–water partition coefficient (Wildman–Crippen LogP) is 1.87. The Balaban J connectivity index is 1.41. The van der Waals surface area contributed by atoms with Gasteiger partial charge in [-0.1, -0.05) is 0 Å². The molecule has 2 aromatic carbocycles. The Labute approximate surface area is 192 Å². The van der Waals surface area contributed by atoms with Gasteiger partial charge in [-0.3, -0.25) is 4.79 Å². The van der Waals surface area contributed by atoms with Crippen LogP contribution in [0.2, 0.25) is 0 Å². The van der Waals surface area contributed by atoms with Gasteiger partial charge in [0.1, 0.15) is 0 Å². The molecule has 4 aliphatic heterocycles. The first kappa shape index (κ1) is 20.9. The number of nitrogens with two attached hydrogens (primary N) is 2. The second-order valence-electron chi connectivity index (χ2n) is 9.46. The van der Waals surface area contributed by atoms with Crippen LogP contribution in [0.4, 0.5) is 17.1 Å². The molecular weight excluding hydrogens is 422 g/mol. The van der Waals surface area contributed by atoms with E-state index >= 15 is 0 Å². The van der Waals surface area contributed by atoms with E-state index in [0.29, 0.717) is 16.9 Å². The third-order valence-corrected chi connectivity index (χ3v) is 6.68. The number of hydrogen-bond donors (Lipinski definition) is 3. The number of amides is 1. The summed E-state index contributed by atoms with van der Waals surface area (Å²) < 4.78 is 22.3. The van der Waals surface area contributed by atoms with Crippen molar-refractivity contribution < 1.29 is 23.7 Å². The lowest BCUT2D eigenvalue weighted by Crippen LogP contribution is -2.20. The van der Waals surface area contributed by atoms with Crippen LogP contribution in [0.15, 0.2) is 24.3 Å². The molecule has 4 heterocycles. The monoisotopic (exact) mass is 451 g/mol. The van der Waals surface area contributed by atoms with Crippen LogP contribution in [0.1, 0.15) is 32.6 Å². The highest BCUT2D eigenvalue weighted by molar-refractivity contribution is 6.08. The number of nitrogens with one attached hydrogen (secondary N) is 1. The average molecular weight is 452 g/mol. The van der Waals surface area contributed by atoms with Gasteiger partial charge in [-0.25, -0.2) is 0 Å². The molecule has 4 fully saturated rings. The topological polar surface area (TPSA) is 131 Å². The molecule has 0 bridgehead atoms. The van der Waals surface area contributed by atoms with E-state index in [1.807, 2.05) is 0 Å². The van der Waals surface area contributed by atoms with E-state index < -0.39 is 0 Å². The fraction of sp³-hybridized carbons (Fsp3) is 0.480. The molecule has 6 rings (SSSR count). The zero-order chi connectivity index (χ0) is 22.5. The maximum Gasteiger partial charge on any atom is 0.257 e. The van der Waals surface area contributed by atoms with Gasteiger partial charge in [0.2, 0.25) is 0 Å². The zero-order valence-corrected chi connectivity index (χ0v) is 18.5. The first-order valence-corrected chi connectivity index (χ1v) is 11.6. The number of hydrogen-bond acceptors (Lipinski definition) is 7. The van der Waals surface area contributed by atoms with E-state index in [1.165, 1.54) is 16.7 Å². The molecule has 174 valence electrons. The molecule has 4 saturated heterocycles. The third kappa shape index (κ3) is 4.99. The Morgan fingerprint density at radius 1 is 0.788 bits per heavy atom. The van der Waals surface area contributed by atoms with Gasteiger partial charge in [0.15, 0.2) is 0 Å². The second kappa shape index (κ2) is 8.29. The first-order valence-electron chi connectivity index (χ1n) is 11.6. The minimum Gasteiger partial charge on any atom is -0.399 e. The van der Waals surface area contributed by atoms with Crippen molar-refractivity contribution in [2.75, 3.05) is 43.2 Å². The summed E-state index contributed by atoms with van der Waals surface area (Å²) in [7, 11) is 0. The van der Waals surface area contributed by atoms with Crippen molar-refractivity contribution in [3.63, 3.8) is 0 Å². The van der Waals surface area contributed by atoms with Crippen LogP contribution >= 0.6 is 0 Å². The number of anilines is 3. The number of carbonyl (C=O) groups excluding carboxylic acids is 1. The van der Waals surface area contributed by atoms with E-state index in [1.54, 1.807) is 18.2 Å². The van der Waals surface area contributed by atoms with Crippen LogP contribution in [0.3, 0.4) is 0 Å². The average Bonchev–Trinajstić information content (AvgIpc) is 3.59. The summed E-state index contributed by atoms with van der Waals surface area (Å²) in [6.45, 7) is 3.10. The Hall–Kier alpha value is -2.65. The summed E-state index contributed by atoms with van der Waals surface area (Å²) in [5.41, 5.74) is 19.0. The molecular formula is C25H29N3O5. The molecule has 0 aliphatic carbocycles. The van der Waals surface area contributed by atoms with Crippen LogP contribution < -0.4 is 16.8 Å². The lowest BCUT2D eigenvalue weighted by atomic mass is 9.85. The summed E-state index contributed by atoms with van der Waals surface area (Å²) in [6, 6.07) is 7.09. The first-order chi connectivity index (χ1) is 16.0. The van der Waals surface area contributed by atoms with Crippen molar-refractivity contribution >= 4 is 23.0 Å². The molecule has 0 saturated carbocycles. The fourth-order valence-electron chi connectivity index (χ4n) is 4.56. The number of nitrogen functional groups attached to an aromatic ring is 2. The molecule has 0 radical (unpaired) electrons. The zero-order valence-electron chi connectivity index (χ0n) is 18.5. The molecule has 33 heavy (non-hydrogen) atoms. The number of ether oxygens (including phenoxy) is 4. The Bertz CT molecular complexity index is 1090. The number of carbonyl (C=O) groups is 1. The van der Waals surface area contributed by atoms with Crippen LogP contribution in [-0.2, 0) is 44.6 Å².